The number of nitrogens with one attached hydrogen (secondary N) is 3. The minimum Gasteiger partial charge on any atom is -0.381 e. The Balaban J connectivity index is 0.000000162. The van der Waals surface area contributed by atoms with Crippen LogP contribution in [0.1, 0.15) is 67.3 Å². The molecule has 1 fully saturated rings. The number of aromatic amines is 2. The number of nitrogens with zero attached hydrogens (tertiary/aromatic N) is 16. The molecule has 0 unspecified atom stereocenters. The Morgan fingerprint density at radius 2 is 1.23 bits per heavy atom. The topological polar surface area (TPSA) is 225 Å². The number of hydrogen-bond donors (Lipinski definition) is 3. The van der Waals surface area contributed by atoms with Crippen LogP contribution >= 0.6 is 0 Å². The van der Waals surface area contributed by atoms with E-state index < -0.39 is 0 Å². The number of methoxy groups -OCH3 is 1. The molecule has 0 saturated carbocycles. The van der Waals surface area contributed by atoms with Crippen LogP contribution in [0.15, 0.2) is 37.2 Å². The molecule has 70 heavy (non-hydrogen) atoms. The SMILES string of the molecule is [C-]#[N+]c1c2c(nn1C1CCNCC1)CN(C)C(=O)CCCn1cc(c(C)n1)-c1c[nH]c3ncc-2nc13.[C-]#[N+]c1c2c(nn1CCOC)CN(C)C(=O)CCCn1cc(c(C)n1)-c1c[nH]c3ncc-2nc13. The molecule has 0 aromatic carbocycles. The van der Waals surface area contributed by atoms with Crippen LogP contribution < -0.4 is 5.32 Å². The molecule has 11 heterocycles. The lowest BCUT2D eigenvalue weighted by Crippen LogP contribution is -2.30. The van der Waals surface area contributed by atoms with Crippen LogP contribution in [-0.4, -0.2) is 132 Å². The molecular weight excluding hydrogens is 891 g/mol. The number of rotatable bonds is 4. The Morgan fingerprint density at radius 3 is 1.74 bits per heavy atom. The molecule has 0 spiro atoms. The number of H-pyrrole nitrogens is 2. The third-order valence-corrected chi connectivity index (χ3v) is 13.3. The van der Waals surface area contributed by atoms with Crippen molar-refractivity contribution in [2.75, 3.05) is 40.9 Å². The van der Waals surface area contributed by atoms with E-state index in [9.17, 15) is 9.59 Å². The van der Waals surface area contributed by atoms with E-state index in [0.717, 1.165) is 65.1 Å². The van der Waals surface area contributed by atoms with Crippen molar-refractivity contribution in [2.45, 2.75) is 91.1 Å². The normalized spacial score (nSPS) is 15.7. The van der Waals surface area contributed by atoms with Gasteiger partial charge in [-0.15, -0.1) is 10.2 Å². The number of carbonyl (C=O) groups excluding carboxylic acids is 2. The second-order valence-electron chi connectivity index (χ2n) is 18.0. The highest BCUT2D eigenvalue weighted by Gasteiger charge is 2.31. The van der Waals surface area contributed by atoms with Gasteiger partial charge in [-0.1, -0.05) is 13.1 Å². The number of carbonyl (C=O) groups is 2. The number of ether oxygens (including phenoxy) is 1. The van der Waals surface area contributed by atoms with Crippen molar-refractivity contribution in [1.29, 1.82) is 0 Å². The molecule has 358 valence electrons. The standard InChI is InChI=1S/C25H28N10O.C23H25N9O2/c1-15-18-13-34(31-15)10-4-5-21(36)33(3)14-20-22(19-12-29-24-23(30-19)17(18)11-28-24)25(26-2)35(32-20)16-6-8-27-9-7-16;1-14-16-12-31(28-14)7-5-6-19(33)30(3)13-18-20(23(24-2)32(29-18)8-9-34-4)17-11-26-22-21(27-17)15(16)10-25-22/h11-13,16,27H,4-10,14H2,1,3H3,(H,28,29);10-12H,5-9,13H2,1,3-4H3,(H,25,26). The molecule has 3 N–H and O–H groups in total. The average Bonchev–Trinajstić information content (AvgIpc) is 4.23. The minimum absolute atomic E-state index is 0.00810. The monoisotopic (exact) mass is 943 g/mol. The first kappa shape index (κ1) is 45.7. The molecule has 22 nitrogen and oxygen atoms in total. The Morgan fingerprint density at radius 1 is 0.714 bits per heavy atom. The van der Waals surface area contributed by atoms with Gasteiger partial charge < -0.3 is 39.5 Å². The van der Waals surface area contributed by atoms with Gasteiger partial charge in [0.1, 0.15) is 35.0 Å². The van der Waals surface area contributed by atoms with Crippen LogP contribution in [0, 0.1) is 27.0 Å². The van der Waals surface area contributed by atoms with E-state index in [1.54, 1.807) is 48.1 Å². The Kier molecular flexibility index (Phi) is 12.5. The van der Waals surface area contributed by atoms with Gasteiger partial charge in [0.2, 0.25) is 11.8 Å². The molecule has 8 aromatic rings. The van der Waals surface area contributed by atoms with Crippen LogP contribution in [0.2, 0.25) is 0 Å². The number of amides is 2. The van der Waals surface area contributed by atoms with Crippen LogP contribution in [0.25, 0.3) is 76.8 Å². The van der Waals surface area contributed by atoms with Crippen LogP contribution in [0.5, 0.6) is 0 Å². The first-order chi connectivity index (χ1) is 34.0. The van der Waals surface area contributed by atoms with Crippen molar-refractivity contribution < 1.29 is 14.3 Å². The maximum Gasteiger partial charge on any atom is 0.262 e. The fourth-order valence-electron chi connectivity index (χ4n) is 9.60. The highest BCUT2D eigenvalue weighted by atomic mass is 16.5. The number of aryl methyl sites for hydroxylation is 4. The molecule has 8 bridgehead atoms. The predicted octanol–water partition coefficient (Wildman–Crippen LogP) is 6.16. The number of aromatic nitrogens is 14. The summed E-state index contributed by atoms with van der Waals surface area (Å²) in [5.41, 5.74) is 11.9. The van der Waals surface area contributed by atoms with Gasteiger partial charge in [0, 0.05) is 107 Å². The maximum atomic E-state index is 13.0. The van der Waals surface area contributed by atoms with Crippen molar-refractivity contribution in [3.05, 3.63) is 82.8 Å². The maximum absolute atomic E-state index is 13.0. The summed E-state index contributed by atoms with van der Waals surface area (Å²) in [5.74, 6) is 0.853. The first-order valence-corrected chi connectivity index (χ1v) is 23.4. The zero-order valence-electron chi connectivity index (χ0n) is 39.8. The predicted molar refractivity (Wildman–Crippen MR) is 259 cm³/mol. The molecule has 8 aromatic heterocycles. The summed E-state index contributed by atoms with van der Waals surface area (Å²) in [7, 11) is 5.15. The van der Waals surface area contributed by atoms with Gasteiger partial charge in [-0.25, -0.2) is 19.9 Å². The first-order valence-electron chi connectivity index (χ1n) is 23.4. The summed E-state index contributed by atoms with van der Waals surface area (Å²) < 4.78 is 12.5. The van der Waals surface area contributed by atoms with E-state index in [2.05, 4.69) is 50.2 Å². The summed E-state index contributed by atoms with van der Waals surface area (Å²) in [5, 5.41) is 22.3. The van der Waals surface area contributed by atoms with Gasteiger partial charge in [0.05, 0.1) is 66.0 Å². The van der Waals surface area contributed by atoms with Gasteiger partial charge in [-0.05, 0) is 39.8 Å². The van der Waals surface area contributed by atoms with E-state index in [4.69, 9.17) is 32.9 Å². The lowest BCUT2D eigenvalue weighted by atomic mass is 10.1. The zero-order valence-corrected chi connectivity index (χ0v) is 39.8. The van der Waals surface area contributed by atoms with Crippen molar-refractivity contribution in [1.82, 2.24) is 84.1 Å². The fraction of sp³-hybridized carbons (Fsp3) is 0.417. The van der Waals surface area contributed by atoms with Crippen LogP contribution in [0.4, 0.5) is 11.6 Å². The molecule has 0 aliphatic carbocycles. The van der Waals surface area contributed by atoms with Crippen molar-refractivity contribution in [3.63, 3.8) is 0 Å². The van der Waals surface area contributed by atoms with E-state index in [-0.39, 0.29) is 24.4 Å². The summed E-state index contributed by atoms with van der Waals surface area (Å²) in [6.07, 6.45) is 15.1. The molecule has 0 atom stereocenters. The van der Waals surface area contributed by atoms with Gasteiger partial charge in [0.15, 0.2) is 11.3 Å². The molecule has 1 saturated heterocycles. The van der Waals surface area contributed by atoms with E-state index in [0.29, 0.717) is 121 Å². The largest absolute Gasteiger partial charge is 0.381 e. The second-order valence-corrected chi connectivity index (χ2v) is 18.0. The highest BCUT2D eigenvalue weighted by molar-refractivity contribution is 5.94. The minimum atomic E-state index is 0.00810. The van der Waals surface area contributed by atoms with Gasteiger partial charge in [-0.2, -0.15) is 19.6 Å². The van der Waals surface area contributed by atoms with Gasteiger partial charge in [0.25, 0.3) is 11.6 Å². The van der Waals surface area contributed by atoms with E-state index >= 15 is 0 Å². The molecule has 3 aliphatic heterocycles. The molecule has 3 aliphatic rings. The lowest BCUT2D eigenvalue weighted by molar-refractivity contribution is -0.131. The van der Waals surface area contributed by atoms with Gasteiger partial charge >= 0.3 is 0 Å². The summed E-state index contributed by atoms with van der Waals surface area (Å²) in [6.45, 7) is 24.3. The highest BCUT2D eigenvalue weighted by Crippen LogP contribution is 2.40. The number of hydrogen-bond acceptors (Lipinski definition) is 12. The molecule has 22 heteroatoms. The Labute approximate surface area is 402 Å². The van der Waals surface area contributed by atoms with Crippen molar-refractivity contribution in [2.24, 2.45) is 0 Å². The quantitative estimate of drug-likeness (QED) is 0.169. The van der Waals surface area contributed by atoms with Crippen LogP contribution in [0.3, 0.4) is 0 Å². The molecule has 0 radical (unpaired) electrons. The summed E-state index contributed by atoms with van der Waals surface area (Å²) in [6, 6.07) is 0.127. The Bertz CT molecular complexity index is 3360. The average molecular weight is 944 g/mol. The Hall–Kier alpha value is -8.08. The second kappa shape index (κ2) is 19.1. The van der Waals surface area contributed by atoms with Crippen molar-refractivity contribution in [3.8, 4) is 44.8 Å². The molecule has 2 amide bonds. The smallest absolute Gasteiger partial charge is 0.262 e. The summed E-state index contributed by atoms with van der Waals surface area (Å²) >= 11 is 0. The van der Waals surface area contributed by atoms with Crippen LogP contribution in [-0.2, 0) is 47.0 Å². The lowest BCUT2D eigenvalue weighted by Gasteiger charge is -2.21. The summed E-state index contributed by atoms with van der Waals surface area (Å²) in [4.78, 5) is 62.5. The zero-order chi connectivity index (χ0) is 48.6. The molecule has 11 rings (SSSR count). The van der Waals surface area contributed by atoms with E-state index in [1.165, 1.54) is 0 Å². The van der Waals surface area contributed by atoms with E-state index in [1.807, 2.05) is 52.7 Å². The third kappa shape index (κ3) is 8.56. The number of fused-ring (bicyclic) bond motifs is 12. The van der Waals surface area contributed by atoms with Crippen molar-refractivity contribution >= 4 is 45.8 Å². The molecular formula is C48H53N19O3. The third-order valence-electron chi connectivity index (χ3n) is 13.3. The fourth-order valence-corrected chi connectivity index (χ4v) is 9.60. The number of piperidine rings is 1. The van der Waals surface area contributed by atoms with Gasteiger partial charge in [-0.3, -0.25) is 19.0 Å².